The van der Waals surface area contributed by atoms with Gasteiger partial charge >= 0.3 is 5.97 Å². The lowest BCUT2D eigenvalue weighted by Gasteiger charge is -2.03. The van der Waals surface area contributed by atoms with E-state index >= 15 is 0 Å². The van der Waals surface area contributed by atoms with Crippen LogP contribution in [0.5, 0.6) is 5.75 Å². The van der Waals surface area contributed by atoms with Crippen LogP contribution in [0.15, 0.2) is 28.7 Å². The Morgan fingerprint density at radius 1 is 1.37 bits per heavy atom. The highest BCUT2D eigenvalue weighted by Crippen LogP contribution is 2.28. The van der Waals surface area contributed by atoms with Gasteiger partial charge in [0.15, 0.2) is 0 Å². The van der Waals surface area contributed by atoms with Gasteiger partial charge in [0.1, 0.15) is 19.0 Å². The largest absolute Gasteiger partial charge is 0.496 e. The van der Waals surface area contributed by atoms with E-state index < -0.39 is 12.6 Å². The van der Waals surface area contributed by atoms with Crippen LogP contribution in [-0.4, -0.2) is 35.0 Å². The van der Waals surface area contributed by atoms with Gasteiger partial charge in [-0.05, 0) is 12.1 Å². The van der Waals surface area contributed by atoms with Crippen molar-refractivity contribution in [3.05, 3.63) is 30.2 Å². The highest BCUT2D eigenvalue weighted by atomic mass is 16.5. The lowest BCUT2D eigenvalue weighted by molar-refractivity contribution is -0.142. The predicted molar refractivity (Wildman–Crippen MR) is 63.6 cm³/mol. The van der Waals surface area contributed by atoms with E-state index in [0.717, 1.165) is 0 Å². The fourth-order valence-corrected chi connectivity index (χ4v) is 1.47. The molecule has 19 heavy (non-hydrogen) atoms. The van der Waals surface area contributed by atoms with E-state index in [2.05, 4.69) is 10.2 Å². The standard InChI is InChI=1S/C12H12N2O5/c1-17-9-5-3-2-4-8(9)12-14-13-10(19-12)6-18-7-11(15)16/h2-5H,6-7H2,1H3,(H,15,16). The average Bonchev–Trinajstić information content (AvgIpc) is 2.87. The van der Waals surface area contributed by atoms with Crippen LogP contribution in [0.4, 0.5) is 0 Å². The van der Waals surface area contributed by atoms with Crippen molar-refractivity contribution in [1.82, 2.24) is 10.2 Å². The fraction of sp³-hybridized carbons (Fsp3) is 0.250. The lowest BCUT2D eigenvalue weighted by Crippen LogP contribution is -2.06. The van der Waals surface area contributed by atoms with Crippen LogP contribution in [0.25, 0.3) is 11.5 Å². The smallest absolute Gasteiger partial charge is 0.329 e. The van der Waals surface area contributed by atoms with E-state index in [1.54, 1.807) is 19.2 Å². The molecule has 2 rings (SSSR count). The molecule has 0 saturated heterocycles. The van der Waals surface area contributed by atoms with Crippen LogP contribution >= 0.6 is 0 Å². The van der Waals surface area contributed by atoms with Crippen LogP contribution in [0.1, 0.15) is 5.89 Å². The molecule has 0 aliphatic carbocycles. The molecule has 0 radical (unpaired) electrons. The molecule has 0 bridgehead atoms. The minimum absolute atomic E-state index is 0.0472. The summed E-state index contributed by atoms with van der Waals surface area (Å²) in [5, 5.41) is 16.1. The van der Waals surface area contributed by atoms with Crippen LogP contribution in [0.3, 0.4) is 0 Å². The molecule has 1 aromatic carbocycles. The third kappa shape index (κ3) is 3.29. The van der Waals surface area contributed by atoms with Crippen LogP contribution in [0, 0.1) is 0 Å². The number of nitrogens with zero attached hydrogens (tertiary/aromatic N) is 2. The number of para-hydroxylation sites is 1. The zero-order valence-electron chi connectivity index (χ0n) is 10.2. The molecule has 0 aliphatic heterocycles. The van der Waals surface area contributed by atoms with Crippen molar-refractivity contribution in [2.24, 2.45) is 0 Å². The molecule has 7 heteroatoms. The summed E-state index contributed by atoms with van der Waals surface area (Å²) < 4.78 is 15.4. The molecule has 1 aromatic heterocycles. The number of methoxy groups -OCH3 is 1. The first-order valence-electron chi connectivity index (χ1n) is 5.46. The number of ether oxygens (including phenoxy) is 2. The second-order valence-corrected chi connectivity index (χ2v) is 3.59. The molecular weight excluding hydrogens is 252 g/mol. The Bertz CT molecular complexity index is 567. The summed E-state index contributed by atoms with van der Waals surface area (Å²) in [5.74, 6) is 0.0714. The summed E-state index contributed by atoms with van der Waals surface area (Å²) >= 11 is 0. The quantitative estimate of drug-likeness (QED) is 0.841. The van der Waals surface area contributed by atoms with Crippen LogP contribution < -0.4 is 4.74 Å². The van der Waals surface area contributed by atoms with E-state index in [1.807, 2.05) is 12.1 Å². The monoisotopic (exact) mass is 264 g/mol. The summed E-state index contributed by atoms with van der Waals surface area (Å²) in [5.41, 5.74) is 0.669. The molecule has 2 aromatic rings. The molecule has 0 aliphatic rings. The van der Waals surface area contributed by atoms with Gasteiger partial charge in [0.2, 0.25) is 5.89 Å². The Kier molecular flexibility index (Phi) is 4.09. The normalized spacial score (nSPS) is 10.4. The van der Waals surface area contributed by atoms with Gasteiger partial charge in [-0.1, -0.05) is 12.1 Å². The van der Waals surface area contributed by atoms with Gasteiger partial charge in [-0.15, -0.1) is 10.2 Å². The second kappa shape index (κ2) is 5.96. The molecule has 100 valence electrons. The number of benzene rings is 1. The van der Waals surface area contributed by atoms with E-state index in [9.17, 15) is 4.79 Å². The zero-order chi connectivity index (χ0) is 13.7. The van der Waals surface area contributed by atoms with E-state index in [-0.39, 0.29) is 12.5 Å². The van der Waals surface area contributed by atoms with Crippen molar-refractivity contribution in [3.8, 4) is 17.2 Å². The van der Waals surface area contributed by atoms with Gasteiger partial charge in [-0.25, -0.2) is 4.79 Å². The Hall–Kier alpha value is -2.41. The zero-order valence-corrected chi connectivity index (χ0v) is 10.2. The third-order valence-electron chi connectivity index (χ3n) is 2.26. The number of aromatic nitrogens is 2. The highest BCUT2D eigenvalue weighted by molar-refractivity contribution is 5.68. The molecule has 1 N–H and O–H groups in total. The van der Waals surface area contributed by atoms with Gasteiger partial charge in [-0.2, -0.15) is 0 Å². The molecule has 7 nitrogen and oxygen atoms in total. The number of carboxylic acid groups (broad SMARTS) is 1. The van der Waals surface area contributed by atoms with Gasteiger partial charge in [0.25, 0.3) is 5.89 Å². The Morgan fingerprint density at radius 3 is 2.89 bits per heavy atom. The minimum Gasteiger partial charge on any atom is -0.496 e. The molecular formula is C12H12N2O5. The molecule has 1 heterocycles. The van der Waals surface area contributed by atoms with E-state index in [1.165, 1.54) is 0 Å². The van der Waals surface area contributed by atoms with E-state index in [0.29, 0.717) is 17.2 Å². The summed E-state index contributed by atoms with van der Waals surface area (Å²) in [6.07, 6.45) is 0. The van der Waals surface area contributed by atoms with Crippen molar-refractivity contribution in [3.63, 3.8) is 0 Å². The van der Waals surface area contributed by atoms with Crippen LogP contribution in [-0.2, 0) is 16.1 Å². The Balaban J connectivity index is 2.10. The van der Waals surface area contributed by atoms with Crippen LogP contribution in [0.2, 0.25) is 0 Å². The maximum atomic E-state index is 10.3. The summed E-state index contributed by atoms with van der Waals surface area (Å²) in [7, 11) is 1.55. The predicted octanol–water partition coefficient (Wildman–Crippen LogP) is 1.35. The maximum absolute atomic E-state index is 10.3. The molecule has 0 saturated carbocycles. The van der Waals surface area contributed by atoms with Gasteiger partial charge in [-0.3, -0.25) is 0 Å². The van der Waals surface area contributed by atoms with Gasteiger partial charge < -0.3 is 19.0 Å². The van der Waals surface area contributed by atoms with Crippen molar-refractivity contribution < 1.29 is 23.8 Å². The SMILES string of the molecule is COc1ccccc1-c1nnc(COCC(=O)O)o1. The fourth-order valence-electron chi connectivity index (χ4n) is 1.47. The van der Waals surface area contributed by atoms with Gasteiger partial charge in [0, 0.05) is 0 Å². The van der Waals surface area contributed by atoms with Crippen molar-refractivity contribution in [1.29, 1.82) is 0 Å². The van der Waals surface area contributed by atoms with Crippen molar-refractivity contribution in [2.45, 2.75) is 6.61 Å². The summed E-state index contributed by atoms with van der Waals surface area (Å²) in [4.78, 5) is 10.3. The maximum Gasteiger partial charge on any atom is 0.329 e. The number of carbonyl (C=O) groups is 1. The number of carboxylic acids is 1. The lowest BCUT2D eigenvalue weighted by atomic mass is 10.2. The highest BCUT2D eigenvalue weighted by Gasteiger charge is 2.13. The topological polar surface area (TPSA) is 94.7 Å². The molecule has 0 fully saturated rings. The molecule has 0 spiro atoms. The van der Waals surface area contributed by atoms with Crippen molar-refractivity contribution in [2.75, 3.05) is 13.7 Å². The van der Waals surface area contributed by atoms with Gasteiger partial charge in [0.05, 0.1) is 12.7 Å². The average molecular weight is 264 g/mol. The first kappa shape index (κ1) is 13.0. The van der Waals surface area contributed by atoms with E-state index in [4.69, 9.17) is 19.0 Å². The first-order chi connectivity index (χ1) is 9.20. The molecule has 0 amide bonds. The molecule has 0 atom stereocenters. The Morgan fingerprint density at radius 2 is 2.16 bits per heavy atom. The number of aliphatic carboxylic acids is 1. The van der Waals surface area contributed by atoms with Crippen molar-refractivity contribution >= 4 is 5.97 Å². The second-order valence-electron chi connectivity index (χ2n) is 3.59. The number of rotatable bonds is 6. The first-order valence-corrected chi connectivity index (χ1v) is 5.46. The molecule has 0 unspecified atom stereocenters. The summed E-state index contributed by atoms with van der Waals surface area (Å²) in [6.45, 7) is -0.458. The number of hydrogen-bond donors (Lipinski definition) is 1. The third-order valence-corrected chi connectivity index (χ3v) is 2.26. The Labute approximate surface area is 108 Å². The summed E-state index contributed by atoms with van der Waals surface area (Å²) in [6, 6.07) is 7.21. The minimum atomic E-state index is -1.05. The number of hydrogen-bond acceptors (Lipinski definition) is 6.